The molecule has 112 valence electrons. The highest BCUT2D eigenvalue weighted by molar-refractivity contribution is 7.86. The topological polar surface area (TPSA) is 69.7 Å². The van der Waals surface area contributed by atoms with Crippen molar-refractivity contribution in [2.75, 3.05) is 32.7 Å². The van der Waals surface area contributed by atoms with Gasteiger partial charge >= 0.3 is 0 Å². The Morgan fingerprint density at radius 2 is 1.74 bits per heavy atom. The van der Waals surface area contributed by atoms with Crippen LogP contribution in [-0.4, -0.2) is 55.7 Å². The van der Waals surface area contributed by atoms with Gasteiger partial charge in [-0.15, -0.1) is 0 Å². The standard InChI is InChI=1S/C12H25N3O3S/c1-3-13-12(16)11-14(4-2)19(17,18)15-9-7-5-6-8-10-15/h3-11H2,1-2H3,(H,13,16). The highest BCUT2D eigenvalue weighted by Crippen LogP contribution is 2.16. The molecular weight excluding hydrogens is 266 g/mol. The van der Waals surface area contributed by atoms with Gasteiger partial charge < -0.3 is 5.32 Å². The van der Waals surface area contributed by atoms with Crippen LogP contribution in [0.25, 0.3) is 0 Å². The van der Waals surface area contributed by atoms with Crippen LogP contribution in [0.2, 0.25) is 0 Å². The molecular formula is C12H25N3O3S. The molecule has 1 fully saturated rings. The van der Waals surface area contributed by atoms with Crippen LogP contribution in [-0.2, 0) is 15.0 Å². The Kier molecular flexibility index (Phi) is 6.74. The van der Waals surface area contributed by atoms with Crippen molar-refractivity contribution in [3.8, 4) is 0 Å². The van der Waals surface area contributed by atoms with Crippen LogP contribution in [0.5, 0.6) is 0 Å². The number of carbonyl (C=O) groups is 1. The molecule has 0 atom stereocenters. The fourth-order valence-corrected chi connectivity index (χ4v) is 3.86. The molecule has 0 aliphatic carbocycles. The monoisotopic (exact) mass is 291 g/mol. The normalized spacial score (nSPS) is 18.3. The maximum Gasteiger partial charge on any atom is 0.282 e. The lowest BCUT2D eigenvalue weighted by molar-refractivity contribution is -0.121. The van der Waals surface area contributed by atoms with Crippen molar-refractivity contribution in [3.63, 3.8) is 0 Å². The fraction of sp³-hybridized carbons (Fsp3) is 0.917. The van der Waals surface area contributed by atoms with Gasteiger partial charge in [0.1, 0.15) is 0 Å². The fourth-order valence-electron chi connectivity index (χ4n) is 2.21. The van der Waals surface area contributed by atoms with Crippen molar-refractivity contribution in [3.05, 3.63) is 0 Å². The summed E-state index contributed by atoms with van der Waals surface area (Å²) in [5, 5.41) is 2.63. The molecule has 0 unspecified atom stereocenters. The van der Waals surface area contributed by atoms with Gasteiger partial charge in [-0.25, -0.2) is 0 Å². The summed E-state index contributed by atoms with van der Waals surface area (Å²) in [6.45, 7) is 5.44. The molecule has 0 aromatic heterocycles. The Labute approximate surface area is 116 Å². The second-order valence-corrected chi connectivity index (χ2v) is 6.63. The minimum atomic E-state index is -3.51. The molecule has 1 aliphatic rings. The van der Waals surface area contributed by atoms with E-state index in [9.17, 15) is 13.2 Å². The largest absolute Gasteiger partial charge is 0.355 e. The van der Waals surface area contributed by atoms with Crippen LogP contribution in [0, 0.1) is 0 Å². The zero-order valence-electron chi connectivity index (χ0n) is 11.9. The molecule has 19 heavy (non-hydrogen) atoms. The molecule has 0 aromatic carbocycles. The zero-order chi connectivity index (χ0) is 14.3. The summed E-state index contributed by atoms with van der Waals surface area (Å²) in [5.41, 5.74) is 0. The van der Waals surface area contributed by atoms with Crippen molar-refractivity contribution in [2.45, 2.75) is 39.5 Å². The molecule has 0 radical (unpaired) electrons. The Balaban J connectivity index is 2.73. The molecule has 6 nitrogen and oxygen atoms in total. The number of likely N-dealkylation sites (N-methyl/N-ethyl adjacent to an activating group) is 2. The number of carbonyl (C=O) groups excluding carboxylic acids is 1. The van der Waals surface area contributed by atoms with Gasteiger partial charge in [0, 0.05) is 26.2 Å². The van der Waals surface area contributed by atoms with Crippen LogP contribution >= 0.6 is 0 Å². The Hall–Kier alpha value is -0.660. The van der Waals surface area contributed by atoms with E-state index in [2.05, 4.69) is 5.32 Å². The molecule has 0 aromatic rings. The second-order valence-electron chi connectivity index (χ2n) is 4.70. The average Bonchev–Trinajstić information content (AvgIpc) is 2.65. The first-order valence-corrected chi connectivity index (χ1v) is 8.44. The summed E-state index contributed by atoms with van der Waals surface area (Å²) in [7, 11) is -3.51. The van der Waals surface area contributed by atoms with E-state index in [1.54, 1.807) is 6.92 Å². The first-order valence-electron chi connectivity index (χ1n) is 7.04. The first-order chi connectivity index (χ1) is 9.02. The van der Waals surface area contributed by atoms with E-state index in [0.29, 0.717) is 26.2 Å². The molecule has 0 saturated carbocycles. The molecule has 0 spiro atoms. The minimum absolute atomic E-state index is 0.0941. The smallest absolute Gasteiger partial charge is 0.282 e. The van der Waals surface area contributed by atoms with E-state index < -0.39 is 10.2 Å². The van der Waals surface area contributed by atoms with Gasteiger partial charge in [-0.1, -0.05) is 19.8 Å². The van der Waals surface area contributed by atoms with E-state index in [0.717, 1.165) is 25.7 Å². The van der Waals surface area contributed by atoms with Gasteiger partial charge in [0.2, 0.25) is 5.91 Å². The molecule has 1 amide bonds. The molecule has 0 bridgehead atoms. The van der Waals surface area contributed by atoms with Crippen molar-refractivity contribution >= 4 is 16.1 Å². The predicted octanol–water partition coefficient (Wildman–Crippen LogP) is 0.565. The molecule has 1 heterocycles. The van der Waals surface area contributed by atoms with Gasteiger partial charge in [0.25, 0.3) is 10.2 Å². The summed E-state index contributed by atoms with van der Waals surface area (Å²) in [4.78, 5) is 11.6. The average molecular weight is 291 g/mol. The van der Waals surface area contributed by atoms with Crippen molar-refractivity contribution in [2.24, 2.45) is 0 Å². The van der Waals surface area contributed by atoms with Gasteiger partial charge in [0.15, 0.2) is 0 Å². The lowest BCUT2D eigenvalue weighted by Gasteiger charge is -2.27. The maximum atomic E-state index is 12.5. The van der Waals surface area contributed by atoms with Crippen molar-refractivity contribution in [1.29, 1.82) is 0 Å². The highest BCUT2D eigenvalue weighted by atomic mass is 32.2. The molecule has 1 N–H and O–H groups in total. The Morgan fingerprint density at radius 1 is 1.16 bits per heavy atom. The number of hydrogen-bond donors (Lipinski definition) is 1. The van der Waals surface area contributed by atoms with Crippen LogP contribution in [0.3, 0.4) is 0 Å². The lowest BCUT2D eigenvalue weighted by atomic mass is 10.2. The van der Waals surface area contributed by atoms with Gasteiger partial charge in [-0.2, -0.15) is 17.0 Å². The molecule has 1 aliphatic heterocycles. The zero-order valence-corrected chi connectivity index (χ0v) is 12.7. The maximum absolute atomic E-state index is 12.5. The summed E-state index contributed by atoms with van der Waals surface area (Å²) in [6, 6.07) is 0. The third kappa shape index (κ3) is 4.74. The third-order valence-electron chi connectivity index (χ3n) is 3.26. The number of amides is 1. The van der Waals surface area contributed by atoms with Crippen molar-refractivity contribution < 1.29 is 13.2 Å². The van der Waals surface area contributed by atoms with Crippen LogP contribution in [0.15, 0.2) is 0 Å². The quantitative estimate of drug-likeness (QED) is 0.777. The minimum Gasteiger partial charge on any atom is -0.355 e. The van der Waals surface area contributed by atoms with Crippen LogP contribution in [0.1, 0.15) is 39.5 Å². The van der Waals surface area contributed by atoms with Gasteiger partial charge in [0.05, 0.1) is 6.54 Å². The summed E-state index contributed by atoms with van der Waals surface area (Å²) in [6.07, 6.45) is 3.96. The first kappa shape index (κ1) is 16.4. The van der Waals surface area contributed by atoms with Crippen molar-refractivity contribution in [1.82, 2.24) is 13.9 Å². The Morgan fingerprint density at radius 3 is 2.21 bits per heavy atom. The van der Waals surface area contributed by atoms with E-state index in [4.69, 9.17) is 0 Å². The number of rotatable bonds is 6. The summed E-state index contributed by atoms with van der Waals surface area (Å²) >= 11 is 0. The number of hydrogen-bond acceptors (Lipinski definition) is 3. The highest BCUT2D eigenvalue weighted by Gasteiger charge is 2.30. The van der Waals surface area contributed by atoms with E-state index in [-0.39, 0.29) is 12.5 Å². The third-order valence-corrected chi connectivity index (χ3v) is 5.32. The molecule has 7 heteroatoms. The lowest BCUT2D eigenvalue weighted by Crippen LogP contribution is -2.48. The van der Waals surface area contributed by atoms with Crippen LogP contribution < -0.4 is 5.32 Å². The van der Waals surface area contributed by atoms with E-state index in [1.165, 1.54) is 8.61 Å². The van der Waals surface area contributed by atoms with Gasteiger partial charge in [-0.05, 0) is 19.8 Å². The molecule has 1 saturated heterocycles. The summed E-state index contributed by atoms with van der Waals surface area (Å²) in [5.74, 6) is -0.247. The molecule has 1 rings (SSSR count). The Bertz CT molecular complexity index is 376. The van der Waals surface area contributed by atoms with Crippen LogP contribution in [0.4, 0.5) is 0 Å². The van der Waals surface area contributed by atoms with Gasteiger partial charge in [-0.3, -0.25) is 4.79 Å². The second kappa shape index (κ2) is 7.81. The predicted molar refractivity (Wildman–Crippen MR) is 74.9 cm³/mol. The SMILES string of the molecule is CCNC(=O)CN(CC)S(=O)(=O)N1CCCCCC1. The summed E-state index contributed by atoms with van der Waals surface area (Å²) < 4.78 is 27.7. The van der Waals surface area contributed by atoms with E-state index in [1.807, 2.05) is 6.92 Å². The number of nitrogens with zero attached hydrogens (tertiary/aromatic N) is 2. The van der Waals surface area contributed by atoms with E-state index >= 15 is 0 Å². The number of nitrogens with one attached hydrogen (secondary N) is 1.